The highest BCUT2D eigenvalue weighted by Crippen LogP contribution is 2.27. The molecule has 1 N–H and O–H groups in total. The highest BCUT2D eigenvalue weighted by molar-refractivity contribution is 7.89. The predicted octanol–water partition coefficient (Wildman–Crippen LogP) is 3.05. The van der Waals surface area contributed by atoms with Crippen LogP contribution < -0.4 is 0 Å². The topological polar surface area (TPSA) is 77.9 Å². The van der Waals surface area contributed by atoms with Gasteiger partial charge in [-0.15, -0.1) is 0 Å². The van der Waals surface area contributed by atoms with Gasteiger partial charge in [0.05, 0.1) is 11.4 Å². The van der Waals surface area contributed by atoms with Crippen molar-refractivity contribution in [1.29, 1.82) is 0 Å². The number of hydroxylamine groups is 2. The van der Waals surface area contributed by atoms with Crippen LogP contribution in [0.3, 0.4) is 0 Å². The van der Waals surface area contributed by atoms with Gasteiger partial charge in [0.2, 0.25) is 10.0 Å². The number of benzene rings is 2. The van der Waals surface area contributed by atoms with Gasteiger partial charge >= 0.3 is 0 Å². The van der Waals surface area contributed by atoms with Crippen molar-refractivity contribution < 1.29 is 18.4 Å². The summed E-state index contributed by atoms with van der Waals surface area (Å²) in [6, 6.07) is 13.9. The Balaban J connectivity index is 1.90. The van der Waals surface area contributed by atoms with Crippen LogP contribution in [0.25, 0.3) is 11.1 Å². The highest BCUT2D eigenvalue weighted by Gasteiger charge is 2.41. The maximum Gasteiger partial charge on any atom is 0.264 e. The summed E-state index contributed by atoms with van der Waals surface area (Å²) in [5.41, 5.74) is 3.10. The molecule has 3 rings (SSSR count). The van der Waals surface area contributed by atoms with Crippen LogP contribution in [0.2, 0.25) is 0 Å². The Morgan fingerprint density at radius 1 is 1.07 bits per heavy atom. The van der Waals surface area contributed by atoms with Crippen LogP contribution in [0.4, 0.5) is 0 Å². The zero-order valence-corrected chi connectivity index (χ0v) is 16.3. The van der Waals surface area contributed by atoms with Crippen molar-refractivity contribution in [3.63, 3.8) is 0 Å². The molecule has 0 radical (unpaired) electrons. The van der Waals surface area contributed by atoms with Gasteiger partial charge in [-0.25, -0.2) is 13.5 Å². The van der Waals surface area contributed by atoms with E-state index in [1.165, 1.54) is 4.31 Å². The smallest absolute Gasteiger partial charge is 0.264 e. The molecule has 1 heterocycles. The molecule has 6 nitrogen and oxygen atoms in total. The summed E-state index contributed by atoms with van der Waals surface area (Å²) in [4.78, 5) is 12.3. The number of aryl methyl sites for hydroxylation is 1. The number of hydrogen-bond donors (Lipinski definition) is 1. The Labute approximate surface area is 160 Å². The first-order chi connectivity index (χ1) is 12.8. The zero-order chi connectivity index (χ0) is 19.6. The molecular weight excluding hydrogens is 364 g/mol. The summed E-state index contributed by atoms with van der Waals surface area (Å²) in [6.07, 6.45) is 0.867. The number of rotatable bonds is 6. The number of nitrogens with zero attached hydrogens (tertiary/aromatic N) is 2. The van der Waals surface area contributed by atoms with E-state index in [0.29, 0.717) is 11.5 Å². The van der Waals surface area contributed by atoms with E-state index in [4.69, 9.17) is 0 Å². The van der Waals surface area contributed by atoms with Gasteiger partial charge in [0.15, 0.2) is 0 Å². The summed E-state index contributed by atoms with van der Waals surface area (Å²) in [5, 5.41) is 10.2. The molecule has 1 amide bonds. The van der Waals surface area contributed by atoms with Gasteiger partial charge in [0, 0.05) is 6.54 Å². The minimum atomic E-state index is -3.83. The first kappa shape index (κ1) is 19.5. The molecule has 27 heavy (non-hydrogen) atoms. The van der Waals surface area contributed by atoms with Crippen molar-refractivity contribution in [3.05, 3.63) is 54.1 Å². The molecule has 1 saturated heterocycles. The molecule has 0 bridgehead atoms. The third-order valence-corrected chi connectivity index (χ3v) is 6.71. The lowest BCUT2D eigenvalue weighted by Gasteiger charge is -2.26. The largest absolute Gasteiger partial charge is 0.286 e. The number of carbonyl (C=O) groups is 1. The quantitative estimate of drug-likeness (QED) is 0.772. The maximum absolute atomic E-state index is 13.1. The Kier molecular flexibility index (Phi) is 5.64. The third-order valence-electron chi connectivity index (χ3n) is 4.79. The molecule has 2 aromatic rings. The van der Waals surface area contributed by atoms with Gasteiger partial charge < -0.3 is 0 Å². The van der Waals surface area contributed by atoms with Crippen molar-refractivity contribution in [3.8, 4) is 11.1 Å². The highest BCUT2D eigenvalue weighted by atomic mass is 32.2. The summed E-state index contributed by atoms with van der Waals surface area (Å²) in [6.45, 7) is 4.25. The van der Waals surface area contributed by atoms with Gasteiger partial charge in [0.1, 0.15) is 6.04 Å². The third kappa shape index (κ3) is 3.90. The van der Waals surface area contributed by atoms with E-state index in [1.807, 2.05) is 38.1 Å². The lowest BCUT2D eigenvalue weighted by Crippen LogP contribution is -2.45. The van der Waals surface area contributed by atoms with Gasteiger partial charge in [-0.3, -0.25) is 10.0 Å². The summed E-state index contributed by atoms with van der Waals surface area (Å²) >= 11 is 0. The monoisotopic (exact) mass is 388 g/mol. The van der Waals surface area contributed by atoms with E-state index in [9.17, 15) is 18.4 Å². The Morgan fingerprint density at radius 2 is 1.63 bits per heavy atom. The standard InChI is InChI=1S/C20H24N2O4S/c1-3-13-22(19-12-14-21(24)20(19)23)27(25,26)18-10-8-17(9-11-18)16-6-4-15(2)5-7-16/h4-11,19,24H,3,12-14H2,1-2H3/t19-/m0/s1. The van der Waals surface area contributed by atoms with Crippen molar-refractivity contribution in [1.82, 2.24) is 9.37 Å². The molecule has 7 heteroatoms. The van der Waals surface area contributed by atoms with Gasteiger partial charge in [-0.2, -0.15) is 4.31 Å². The van der Waals surface area contributed by atoms with Crippen molar-refractivity contribution >= 4 is 15.9 Å². The number of carbonyl (C=O) groups excluding carboxylic acids is 1. The van der Waals surface area contributed by atoms with E-state index >= 15 is 0 Å². The average Bonchev–Trinajstić information content (AvgIpc) is 2.99. The van der Waals surface area contributed by atoms with Crippen LogP contribution in [0.1, 0.15) is 25.3 Å². The fourth-order valence-electron chi connectivity index (χ4n) is 3.28. The minimum absolute atomic E-state index is 0.144. The molecule has 144 valence electrons. The molecular formula is C20H24N2O4S. The normalized spacial score (nSPS) is 17.7. The lowest BCUT2D eigenvalue weighted by atomic mass is 10.0. The fraction of sp³-hybridized carbons (Fsp3) is 0.350. The molecule has 1 fully saturated rings. The zero-order valence-electron chi connectivity index (χ0n) is 15.5. The molecule has 0 saturated carbocycles. The first-order valence-corrected chi connectivity index (χ1v) is 10.5. The number of sulfonamides is 1. The average molecular weight is 388 g/mol. The van der Waals surface area contributed by atoms with E-state index in [2.05, 4.69) is 0 Å². The van der Waals surface area contributed by atoms with Crippen LogP contribution in [0, 0.1) is 6.92 Å². The molecule has 0 aliphatic carbocycles. The second-order valence-electron chi connectivity index (χ2n) is 6.77. The Morgan fingerprint density at radius 3 is 2.11 bits per heavy atom. The van der Waals surface area contributed by atoms with Crippen LogP contribution in [0.15, 0.2) is 53.4 Å². The van der Waals surface area contributed by atoms with Crippen LogP contribution >= 0.6 is 0 Å². The summed E-state index contributed by atoms with van der Waals surface area (Å²) in [7, 11) is -3.83. The van der Waals surface area contributed by atoms with Gasteiger partial charge in [-0.05, 0) is 43.0 Å². The van der Waals surface area contributed by atoms with E-state index in [-0.39, 0.29) is 24.4 Å². The molecule has 0 aromatic heterocycles. The molecule has 1 aliphatic rings. The Hall–Kier alpha value is -2.22. The van der Waals surface area contributed by atoms with E-state index in [1.54, 1.807) is 24.3 Å². The van der Waals surface area contributed by atoms with Crippen molar-refractivity contribution in [2.45, 2.75) is 37.6 Å². The second kappa shape index (κ2) is 7.80. The Bertz CT molecular complexity index is 908. The van der Waals surface area contributed by atoms with E-state index in [0.717, 1.165) is 16.7 Å². The predicted molar refractivity (Wildman–Crippen MR) is 103 cm³/mol. The maximum atomic E-state index is 13.1. The SMILES string of the molecule is CCCN([C@H]1CCN(O)C1=O)S(=O)(=O)c1ccc(-c2ccc(C)cc2)cc1. The van der Waals surface area contributed by atoms with Crippen LogP contribution in [-0.4, -0.2) is 48.0 Å². The van der Waals surface area contributed by atoms with Gasteiger partial charge in [0.25, 0.3) is 5.91 Å². The molecule has 0 unspecified atom stereocenters. The molecule has 0 spiro atoms. The van der Waals surface area contributed by atoms with E-state index < -0.39 is 22.0 Å². The van der Waals surface area contributed by atoms with Crippen LogP contribution in [-0.2, 0) is 14.8 Å². The molecule has 2 aromatic carbocycles. The van der Waals surface area contributed by atoms with Crippen molar-refractivity contribution in [2.24, 2.45) is 0 Å². The lowest BCUT2D eigenvalue weighted by molar-refractivity contribution is -0.159. The van der Waals surface area contributed by atoms with Gasteiger partial charge in [-0.1, -0.05) is 48.9 Å². The number of hydrogen-bond acceptors (Lipinski definition) is 4. The molecule has 1 aliphatic heterocycles. The number of amides is 1. The molecule has 1 atom stereocenters. The summed E-state index contributed by atoms with van der Waals surface area (Å²) < 4.78 is 27.5. The fourth-order valence-corrected chi connectivity index (χ4v) is 4.99. The van der Waals surface area contributed by atoms with Crippen LogP contribution in [0.5, 0.6) is 0 Å². The first-order valence-electron chi connectivity index (χ1n) is 9.04. The second-order valence-corrected chi connectivity index (χ2v) is 8.66. The summed E-state index contributed by atoms with van der Waals surface area (Å²) in [5.74, 6) is -0.566. The van der Waals surface area contributed by atoms with Crippen molar-refractivity contribution in [2.75, 3.05) is 13.1 Å². The minimum Gasteiger partial charge on any atom is -0.286 e.